The summed E-state index contributed by atoms with van der Waals surface area (Å²) in [7, 11) is 0. The fourth-order valence-electron chi connectivity index (χ4n) is 2.06. The molecule has 1 saturated heterocycles. The molecule has 2 N–H and O–H groups in total. The number of ether oxygens (including phenoxy) is 1. The highest BCUT2D eigenvalue weighted by molar-refractivity contribution is 6.30. The highest BCUT2D eigenvalue weighted by Crippen LogP contribution is 2.17. The van der Waals surface area contributed by atoms with E-state index in [0.717, 1.165) is 11.1 Å². The van der Waals surface area contributed by atoms with Crippen LogP contribution in [0.25, 0.3) is 6.08 Å². The van der Waals surface area contributed by atoms with E-state index in [0.29, 0.717) is 17.4 Å². The lowest BCUT2D eigenvalue weighted by atomic mass is 10.2. The van der Waals surface area contributed by atoms with Gasteiger partial charge >= 0.3 is 6.03 Å². The lowest BCUT2D eigenvalue weighted by Crippen LogP contribution is -2.22. The van der Waals surface area contributed by atoms with Crippen LogP contribution in [0.1, 0.15) is 11.1 Å². The van der Waals surface area contributed by atoms with Gasteiger partial charge in [0, 0.05) is 5.02 Å². The molecule has 0 bridgehead atoms. The minimum atomic E-state index is -0.510. The third-order valence-electron chi connectivity index (χ3n) is 3.23. The Balaban J connectivity index is 1.63. The molecule has 3 amide bonds. The van der Waals surface area contributed by atoms with E-state index in [1.807, 2.05) is 36.4 Å². The molecule has 2 aromatic carbocycles. The molecule has 1 fully saturated rings. The Labute approximate surface area is 137 Å². The van der Waals surface area contributed by atoms with Crippen LogP contribution in [0.15, 0.2) is 54.2 Å². The first-order valence-electron chi connectivity index (χ1n) is 6.91. The van der Waals surface area contributed by atoms with Gasteiger partial charge in [-0.2, -0.15) is 0 Å². The quantitative estimate of drug-likeness (QED) is 0.669. The van der Waals surface area contributed by atoms with Gasteiger partial charge in [-0.25, -0.2) is 4.79 Å². The van der Waals surface area contributed by atoms with Crippen LogP contribution in [-0.4, -0.2) is 11.9 Å². The number of carbonyl (C=O) groups is 2. The molecule has 0 spiro atoms. The van der Waals surface area contributed by atoms with Crippen molar-refractivity contribution in [1.82, 2.24) is 10.6 Å². The number of halogens is 1. The second-order valence-electron chi connectivity index (χ2n) is 4.95. The fraction of sp³-hybridized carbons (Fsp3) is 0.0588. The summed E-state index contributed by atoms with van der Waals surface area (Å²) in [6.45, 7) is 0.441. The summed E-state index contributed by atoms with van der Waals surface area (Å²) in [4.78, 5) is 22.5. The lowest BCUT2D eigenvalue weighted by molar-refractivity contribution is -0.115. The molecule has 0 atom stereocenters. The van der Waals surface area contributed by atoms with E-state index < -0.39 is 11.9 Å². The first-order valence-corrected chi connectivity index (χ1v) is 7.29. The van der Waals surface area contributed by atoms with Gasteiger partial charge in [-0.1, -0.05) is 35.9 Å². The van der Waals surface area contributed by atoms with Crippen molar-refractivity contribution in [2.24, 2.45) is 0 Å². The highest BCUT2D eigenvalue weighted by Gasteiger charge is 2.22. The average molecular weight is 329 g/mol. The van der Waals surface area contributed by atoms with Crippen LogP contribution in [0.3, 0.4) is 0 Å². The smallest absolute Gasteiger partial charge is 0.326 e. The number of benzene rings is 2. The normalized spacial score (nSPS) is 15.4. The number of hydrogen-bond donors (Lipinski definition) is 2. The monoisotopic (exact) mass is 328 g/mol. The first kappa shape index (κ1) is 15.1. The lowest BCUT2D eigenvalue weighted by Gasteiger charge is -2.07. The number of rotatable bonds is 4. The van der Waals surface area contributed by atoms with Gasteiger partial charge in [0.2, 0.25) is 0 Å². The zero-order valence-corrected chi connectivity index (χ0v) is 12.8. The highest BCUT2D eigenvalue weighted by atomic mass is 35.5. The predicted octanol–water partition coefficient (Wildman–Crippen LogP) is 3.10. The summed E-state index contributed by atoms with van der Waals surface area (Å²) in [6, 6.07) is 14.2. The standard InChI is InChI=1S/C17H13ClN2O3/c18-13-5-1-12(2-6-13)10-23-14-7-3-11(4-8-14)9-15-16(21)20-17(22)19-15/h1-9H,10H2,(H2,19,20,21,22)/b15-9+. The van der Waals surface area contributed by atoms with E-state index in [9.17, 15) is 9.59 Å². The van der Waals surface area contributed by atoms with Gasteiger partial charge in [0.15, 0.2) is 0 Å². The van der Waals surface area contributed by atoms with Crippen LogP contribution in [-0.2, 0) is 11.4 Å². The number of carbonyl (C=O) groups excluding carboxylic acids is 2. The topological polar surface area (TPSA) is 67.4 Å². The van der Waals surface area contributed by atoms with Gasteiger partial charge in [-0.3, -0.25) is 10.1 Å². The van der Waals surface area contributed by atoms with Crippen LogP contribution < -0.4 is 15.4 Å². The number of amides is 3. The van der Waals surface area contributed by atoms with E-state index in [2.05, 4.69) is 10.6 Å². The van der Waals surface area contributed by atoms with Gasteiger partial charge in [0.25, 0.3) is 5.91 Å². The van der Waals surface area contributed by atoms with Crippen molar-refractivity contribution in [2.75, 3.05) is 0 Å². The van der Waals surface area contributed by atoms with E-state index in [4.69, 9.17) is 16.3 Å². The van der Waals surface area contributed by atoms with Crippen molar-refractivity contribution >= 4 is 29.6 Å². The maximum atomic E-state index is 11.4. The number of urea groups is 1. The SMILES string of the molecule is O=C1NC(=O)/C(=C\c2ccc(OCc3ccc(Cl)cc3)cc2)N1. The predicted molar refractivity (Wildman–Crippen MR) is 86.9 cm³/mol. The van der Waals surface area contributed by atoms with Crippen molar-refractivity contribution in [3.63, 3.8) is 0 Å². The third kappa shape index (κ3) is 3.90. The van der Waals surface area contributed by atoms with Gasteiger partial charge in [-0.15, -0.1) is 0 Å². The molecule has 6 heteroatoms. The molecule has 23 heavy (non-hydrogen) atoms. The maximum Gasteiger partial charge on any atom is 0.326 e. The number of imide groups is 1. The molecule has 0 unspecified atom stereocenters. The Morgan fingerprint density at radius 1 is 0.957 bits per heavy atom. The Morgan fingerprint density at radius 2 is 1.65 bits per heavy atom. The maximum absolute atomic E-state index is 11.4. The van der Waals surface area contributed by atoms with Crippen molar-refractivity contribution in [1.29, 1.82) is 0 Å². The molecule has 1 heterocycles. The average Bonchev–Trinajstić information content (AvgIpc) is 2.86. The Bertz CT molecular complexity index is 767. The molecule has 1 aliphatic rings. The summed E-state index contributed by atoms with van der Waals surface area (Å²) in [5, 5.41) is 5.28. The molecule has 0 aromatic heterocycles. The van der Waals surface area contributed by atoms with E-state index in [1.165, 1.54) is 0 Å². The molecule has 5 nitrogen and oxygen atoms in total. The summed E-state index contributed by atoms with van der Waals surface area (Å²) in [5.41, 5.74) is 2.03. The van der Waals surface area contributed by atoms with Crippen LogP contribution in [0.4, 0.5) is 4.79 Å². The Hall–Kier alpha value is -2.79. The third-order valence-corrected chi connectivity index (χ3v) is 3.48. The van der Waals surface area contributed by atoms with Crippen molar-refractivity contribution in [2.45, 2.75) is 6.61 Å². The molecule has 3 rings (SSSR count). The van der Waals surface area contributed by atoms with Crippen molar-refractivity contribution < 1.29 is 14.3 Å². The fourth-order valence-corrected chi connectivity index (χ4v) is 2.18. The number of hydrogen-bond acceptors (Lipinski definition) is 3. The van der Waals surface area contributed by atoms with Crippen LogP contribution in [0, 0.1) is 0 Å². The van der Waals surface area contributed by atoms with Crippen molar-refractivity contribution in [3.05, 3.63) is 70.4 Å². The Kier molecular flexibility index (Phi) is 4.30. The molecule has 0 aliphatic carbocycles. The van der Waals surface area contributed by atoms with E-state index in [-0.39, 0.29) is 5.70 Å². The molecular weight excluding hydrogens is 316 g/mol. The largest absolute Gasteiger partial charge is 0.489 e. The zero-order chi connectivity index (χ0) is 16.2. The molecule has 1 aliphatic heterocycles. The summed E-state index contributed by atoms with van der Waals surface area (Å²) < 4.78 is 5.68. The van der Waals surface area contributed by atoms with Gasteiger partial charge in [0.1, 0.15) is 18.1 Å². The second-order valence-corrected chi connectivity index (χ2v) is 5.39. The second kappa shape index (κ2) is 6.54. The van der Waals surface area contributed by atoms with Gasteiger partial charge in [0.05, 0.1) is 0 Å². The molecule has 0 saturated carbocycles. The first-order chi connectivity index (χ1) is 11.1. The van der Waals surface area contributed by atoms with Gasteiger partial charge < -0.3 is 10.1 Å². The van der Waals surface area contributed by atoms with Crippen LogP contribution >= 0.6 is 11.6 Å². The number of nitrogens with one attached hydrogen (secondary N) is 2. The molecular formula is C17H13ClN2O3. The summed E-state index contributed by atoms with van der Waals surface area (Å²) in [5.74, 6) is 0.278. The minimum Gasteiger partial charge on any atom is -0.489 e. The molecule has 116 valence electrons. The van der Waals surface area contributed by atoms with Crippen LogP contribution in [0.5, 0.6) is 5.75 Å². The van der Waals surface area contributed by atoms with Crippen LogP contribution in [0.2, 0.25) is 5.02 Å². The van der Waals surface area contributed by atoms with E-state index >= 15 is 0 Å². The summed E-state index contributed by atoms with van der Waals surface area (Å²) >= 11 is 5.83. The van der Waals surface area contributed by atoms with Gasteiger partial charge in [-0.05, 0) is 41.5 Å². The summed E-state index contributed by atoms with van der Waals surface area (Å²) in [6.07, 6.45) is 1.60. The van der Waals surface area contributed by atoms with Crippen molar-refractivity contribution in [3.8, 4) is 5.75 Å². The molecule has 0 radical (unpaired) electrons. The van der Waals surface area contributed by atoms with E-state index in [1.54, 1.807) is 18.2 Å². The zero-order valence-electron chi connectivity index (χ0n) is 12.0. The Morgan fingerprint density at radius 3 is 2.26 bits per heavy atom. The minimum absolute atomic E-state index is 0.227. The molecule has 2 aromatic rings.